The number of nitrogens with zero attached hydrogens (tertiary/aromatic N) is 2. The van der Waals surface area contributed by atoms with Crippen LogP contribution in [0.3, 0.4) is 0 Å². The SMILES string of the molecule is Cc1ccc(C)c(/C=C(\C#N)C(=O)N2CCc3ccccc3C2)c1. The second-order valence-electron chi connectivity index (χ2n) is 6.28. The highest BCUT2D eigenvalue weighted by atomic mass is 16.2. The van der Waals surface area contributed by atoms with Crippen molar-refractivity contribution in [1.82, 2.24) is 4.90 Å². The van der Waals surface area contributed by atoms with Crippen LogP contribution in [-0.2, 0) is 17.8 Å². The highest BCUT2D eigenvalue weighted by molar-refractivity contribution is 6.02. The number of hydrogen-bond donors (Lipinski definition) is 0. The molecule has 0 bridgehead atoms. The van der Waals surface area contributed by atoms with Gasteiger partial charge in [-0.1, -0.05) is 48.0 Å². The molecular formula is C21H20N2O. The van der Waals surface area contributed by atoms with Gasteiger partial charge in [-0.2, -0.15) is 5.26 Å². The summed E-state index contributed by atoms with van der Waals surface area (Å²) in [6, 6.07) is 16.3. The summed E-state index contributed by atoms with van der Waals surface area (Å²) in [6.07, 6.45) is 2.55. The van der Waals surface area contributed by atoms with E-state index in [9.17, 15) is 10.1 Å². The lowest BCUT2D eigenvalue weighted by atomic mass is 9.98. The largest absolute Gasteiger partial charge is 0.333 e. The number of nitriles is 1. The Morgan fingerprint density at radius 2 is 1.92 bits per heavy atom. The molecule has 0 saturated carbocycles. The lowest BCUT2D eigenvalue weighted by Crippen LogP contribution is -2.36. The van der Waals surface area contributed by atoms with Gasteiger partial charge in [-0.15, -0.1) is 0 Å². The van der Waals surface area contributed by atoms with E-state index in [2.05, 4.69) is 18.2 Å². The maximum atomic E-state index is 12.8. The van der Waals surface area contributed by atoms with Crippen molar-refractivity contribution in [1.29, 1.82) is 5.26 Å². The molecule has 24 heavy (non-hydrogen) atoms. The van der Waals surface area contributed by atoms with Gasteiger partial charge in [-0.25, -0.2) is 0 Å². The highest BCUT2D eigenvalue weighted by Crippen LogP contribution is 2.21. The normalized spacial score (nSPS) is 14.0. The quantitative estimate of drug-likeness (QED) is 0.625. The third-order valence-corrected chi connectivity index (χ3v) is 4.50. The first-order valence-electron chi connectivity index (χ1n) is 8.13. The van der Waals surface area contributed by atoms with Gasteiger partial charge < -0.3 is 4.90 Å². The van der Waals surface area contributed by atoms with E-state index >= 15 is 0 Å². The molecule has 0 unspecified atom stereocenters. The fourth-order valence-corrected chi connectivity index (χ4v) is 3.05. The average molecular weight is 316 g/mol. The van der Waals surface area contributed by atoms with E-state index in [-0.39, 0.29) is 11.5 Å². The van der Waals surface area contributed by atoms with E-state index < -0.39 is 0 Å². The standard InChI is InChI=1S/C21H20N2O/c1-15-7-8-16(2)19(11-15)12-20(13-22)21(24)23-10-9-17-5-3-4-6-18(17)14-23/h3-8,11-12H,9-10,14H2,1-2H3/b20-12+. The van der Waals surface area contributed by atoms with E-state index in [1.54, 1.807) is 11.0 Å². The minimum absolute atomic E-state index is 0.187. The summed E-state index contributed by atoms with van der Waals surface area (Å²) in [5, 5.41) is 9.48. The molecule has 0 aliphatic carbocycles. The molecule has 0 N–H and O–H groups in total. The maximum absolute atomic E-state index is 12.8. The summed E-state index contributed by atoms with van der Waals surface area (Å²) < 4.78 is 0. The number of amides is 1. The monoisotopic (exact) mass is 316 g/mol. The van der Waals surface area contributed by atoms with Crippen molar-refractivity contribution in [2.24, 2.45) is 0 Å². The van der Waals surface area contributed by atoms with Gasteiger partial charge in [0.15, 0.2) is 0 Å². The smallest absolute Gasteiger partial charge is 0.264 e. The zero-order valence-corrected chi connectivity index (χ0v) is 14.0. The molecule has 1 heterocycles. The number of carbonyl (C=O) groups is 1. The van der Waals surface area contributed by atoms with Gasteiger partial charge in [-0.3, -0.25) is 4.79 Å². The number of fused-ring (bicyclic) bond motifs is 1. The fourth-order valence-electron chi connectivity index (χ4n) is 3.05. The van der Waals surface area contributed by atoms with Crippen molar-refractivity contribution in [3.05, 3.63) is 75.9 Å². The highest BCUT2D eigenvalue weighted by Gasteiger charge is 2.23. The van der Waals surface area contributed by atoms with Crippen LogP contribution in [-0.4, -0.2) is 17.4 Å². The van der Waals surface area contributed by atoms with Gasteiger partial charge in [0.1, 0.15) is 11.6 Å². The predicted octanol–water partition coefficient (Wildman–Crippen LogP) is 3.80. The topological polar surface area (TPSA) is 44.1 Å². The molecule has 0 radical (unpaired) electrons. The van der Waals surface area contributed by atoms with Gasteiger partial charge in [0, 0.05) is 13.1 Å². The van der Waals surface area contributed by atoms with Crippen LogP contribution in [0.2, 0.25) is 0 Å². The summed E-state index contributed by atoms with van der Waals surface area (Å²) in [5.41, 5.74) is 5.76. The van der Waals surface area contributed by atoms with Crippen molar-refractivity contribution >= 4 is 12.0 Å². The fraction of sp³-hybridized carbons (Fsp3) is 0.238. The molecule has 3 heteroatoms. The molecule has 1 aliphatic heterocycles. The summed E-state index contributed by atoms with van der Waals surface area (Å²) >= 11 is 0. The molecule has 3 rings (SSSR count). The molecule has 0 saturated heterocycles. The Balaban J connectivity index is 1.87. The van der Waals surface area contributed by atoms with Gasteiger partial charge in [0.25, 0.3) is 5.91 Å². The minimum Gasteiger partial charge on any atom is -0.333 e. The number of carbonyl (C=O) groups excluding carboxylic acids is 1. The van der Waals surface area contributed by atoms with E-state index in [4.69, 9.17) is 0 Å². The lowest BCUT2D eigenvalue weighted by Gasteiger charge is -2.28. The van der Waals surface area contributed by atoms with Crippen molar-refractivity contribution in [3.8, 4) is 6.07 Å². The van der Waals surface area contributed by atoms with Crippen molar-refractivity contribution < 1.29 is 4.79 Å². The molecule has 3 nitrogen and oxygen atoms in total. The Morgan fingerprint density at radius 3 is 2.67 bits per heavy atom. The van der Waals surface area contributed by atoms with Gasteiger partial charge in [-0.05, 0) is 48.6 Å². The molecule has 0 fully saturated rings. The van der Waals surface area contributed by atoms with E-state index in [1.165, 1.54) is 11.1 Å². The van der Waals surface area contributed by atoms with Gasteiger partial charge in [0.05, 0.1) is 0 Å². The van der Waals surface area contributed by atoms with Crippen molar-refractivity contribution in [3.63, 3.8) is 0 Å². The molecule has 0 atom stereocenters. The number of rotatable bonds is 2. The number of hydrogen-bond acceptors (Lipinski definition) is 2. The number of aryl methyl sites for hydroxylation is 2. The van der Waals surface area contributed by atoms with E-state index in [0.29, 0.717) is 13.1 Å². The van der Waals surface area contributed by atoms with Crippen LogP contribution in [0, 0.1) is 25.2 Å². The Hall–Kier alpha value is -2.86. The summed E-state index contributed by atoms with van der Waals surface area (Å²) in [7, 11) is 0. The molecule has 0 aromatic heterocycles. The lowest BCUT2D eigenvalue weighted by molar-refractivity contribution is -0.127. The maximum Gasteiger partial charge on any atom is 0.264 e. The first kappa shape index (κ1) is 16.0. The molecule has 120 valence electrons. The third kappa shape index (κ3) is 3.23. The first-order chi connectivity index (χ1) is 11.6. The van der Waals surface area contributed by atoms with Crippen LogP contribution in [0.25, 0.3) is 6.08 Å². The average Bonchev–Trinajstić information content (AvgIpc) is 2.61. The van der Waals surface area contributed by atoms with Crippen LogP contribution >= 0.6 is 0 Å². The molecule has 2 aromatic carbocycles. The molecule has 1 aliphatic rings. The second-order valence-corrected chi connectivity index (χ2v) is 6.28. The third-order valence-electron chi connectivity index (χ3n) is 4.50. The van der Waals surface area contributed by atoms with Crippen LogP contribution in [0.4, 0.5) is 0 Å². The van der Waals surface area contributed by atoms with E-state index in [0.717, 1.165) is 23.1 Å². The van der Waals surface area contributed by atoms with Crippen LogP contribution in [0.5, 0.6) is 0 Å². The zero-order chi connectivity index (χ0) is 17.1. The van der Waals surface area contributed by atoms with Crippen LogP contribution in [0.15, 0.2) is 48.0 Å². The summed E-state index contributed by atoms with van der Waals surface area (Å²) in [4.78, 5) is 14.5. The second kappa shape index (κ2) is 6.72. The predicted molar refractivity (Wildman–Crippen MR) is 95.1 cm³/mol. The molecule has 2 aromatic rings. The number of benzene rings is 2. The molecule has 1 amide bonds. The molecular weight excluding hydrogens is 296 g/mol. The molecule has 0 spiro atoms. The Morgan fingerprint density at radius 1 is 1.17 bits per heavy atom. The van der Waals surface area contributed by atoms with Crippen LogP contribution in [0.1, 0.15) is 27.8 Å². The van der Waals surface area contributed by atoms with Crippen LogP contribution < -0.4 is 0 Å². The summed E-state index contributed by atoms with van der Waals surface area (Å²) in [6.45, 7) is 5.22. The minimum atomic E-state index is -0.187. The van der Waals surface area contributed by atoms with Gasteiger partial charge in [0.2, 0.25) is 0 Å². The first-order valence-corrected chi connectivity index (χ1v) is 8.13. The Labute approximate surface area is 142 Å². The Bertz CT molecular complexity index is 858. The van der Waals surface area contributed by atoms with Crippen molar-refractivity contribution in [2.45, 2.75) is 26.8 Å². The van der Waals surface area contributed by atoms with Crippen molar-refractivity contribution in [2.75, 3.05) is 6.54 Å². The van der Waals surface area contributed by atoms with E-state index in [1.807, 2.05) is 44.2 Å². The summed E-state index contributed by atoms with van der Waals surface area (Å²) in [5.74, 6) is -0.187. The zero-order valence-electron chi connectivity index (χ0n) is 14.0. The Kier molecular flexibility index (Phi) is 4.48. The van der Waals surface area contributed by atoms with Gasteiger partial charge >= 0.3 is 0 Å².